The summed E-state index contributed by atoms with van der Waals surface area (Å²) in [5.74, 6) is -0.632. The van der Waals surface area contributed by atoms with Crippen molar-refractivity contribution < 1.29 is 23.7 Å². The minimum atomic E-state index is -0.515. The molecule has 8 nitrogen and oxygen atoms in total. The summed E-state index contributed by atoms with van der Waals surface area (Å²) in [5, 5.41) is 13.8. The van der Waals surface area contributed by atoms with Crippen molar-refractivity contribution >= 4 is 23.3 Å². The molecule has 148 valence electrons. The van der Waals surface area contributed by atoms with E-state index in [-0.39, 0.29) is 18.1 Å². The second kappa shape index (κ2) is 8.39. The number of furan rings is 1. The van der Waals surface area contributed by atoms with Crippen molar-refractivity contribution in [3.8, 4) is 11.3 Å². The highest BCUT2D eigenvalue weighted by Crippen LogP contribution is 2.28. The molecule has 1 aromatic heterocycles. The summed E-state index contributed by atoms with van der Waals surface area (Å²) < 4.78 is 10.5. The summed E-state index contributed by atoms with van der Waals surface area (Å²) in [5.41, 5.74) is 1.72. The molecule has 0 fully saturated rings. The fraction of sp³-hybridized carbons (Fsp3) is 0.143. The highest BCUT2D eigenvalue weighted by Gasteiger charge is 2.17. The maximum Gasteiger partial charge on any atom is 0.338 e. The fourth-order valence-corrected chi connectivity index (χ4v) is 2.71. The Morgan fingerprint density at radius 1 is 1.14 bits per heavy atom. The number of nitro groups is 1. The second-order valence-electron chi connectivity index (χ2n) is 6.18. The zero-order valence-corrected chi connectivity index (χ0v) is 15.8. The van der Waals surface area contributed by atoms with Gasteiger partial charge in [0.1, 0.15) is 5.76 Å². The summed E-state index contributed by atoms with van der Waals surface area (Å²) in [7, 11) is 0. The van der Waals surface area contributed by atoms with E-state index in [2.05, 4.69) is 5.32 Å². The van der Waals surface area contributed by atoms with Gasteiger partial charge in [0.15, 0.2) is 5.76 Å². The maximum absolute atomic E-state index is 12.5. The number of carbonyl (C=O) groups is 2. The van der Waals surface area contributed by atoms with Crippen LogP contribution in [0, 0.1) is 17.0 Å². The van der Waals surface area contributed by atoms with Crippen molar-refractivity contribution in [3.05, 3.63) is 81.6 Å². The van der Waals surface area contributed by atoms with Gasteiger partial charge in [-0.05, 0) is 44.2 Å². The Morgan fingerprint density at radius 3 is 2.66 bits per heavy atom. The van der Waals surface area contributed by atoms with Gasteiger partial charge in [0.05, 0.1) is 17.1 Å². The Morgan fingerprint density at radius 2 is 1.93 bits per heavy atom. The van der Waals surface area contributed by atoms with Crippen molar-refractivity contribution in [1.82, 2.24) is 0 Å². The van der Waals surface area contributed by atoms with Crippen LogP contribution >= 0.6 is 0 Å². The first kappa shape index (κ1) is 19.8. The van der Waals surface area contributed by atoms with E-state index >= 15 is 0 Å². The third-order valence-electron chi connectivity index (χ3n) is 4.15. The van der Waals surface area contributed by atoms with Crippen molar-refractivity contribution in [2.75, 3.05) is 11.9 Å². The highest BCUT2D eigenvalue weighted by molar-refractivity contribution is 6.03. The van der Waals surface area contributed by atoms with Gasteiger partial charge in [0.2, 0.25) is 0 Å². The molecule has 0 aliphatic heterocycles. The molecular weight excluding hydrogens is 376 g/mol. The quantitative estimate of drug-likeness (QED) is 0.372. The Labute approximate surface area is 166 Å². The van der Waals surface area contributed by atoms with Gasteiger partial charge in [-0.1, -0.05) is 18.2 Å². The molecule has 0 bridgehead atoms. The Bertz CT molecular complexity index is 1090. The van der Waals surface area contributed by atoms with Crippen LogP contribution in [0.15, 0.2) is 59.0 Å². The van der Waals surface area contributed by atoms with Crippen molar-refractivity contribution in [1.29, 1.82) is 0 Å². The average Bonchev–Trinajstić information content (AvgIpc) is 3.19. The zero-order chi connectivity index (χ0) is 21.0. The average molecular weight is 394 g/mol. The van der Waals surface area contributed by atoms with Gasteiger partial charge in [-0.2, -0.15) is 0 Å². The van der Waals surface area contributed by atoms with E-state index in [1.807, 2.05) is 0 Å². The van der Waals surface area contributed by atoms with Crippen LogP contribution in [0.5, 0.6) is 0 Å². The zero-order valence-electron chi connectivity index (χ0n) is 15.8. The summed E-state index contributed by atoms with van der Waals surface area (Å²) in [6.45, 7) is 3.61. The number of hydrogen-bond acceptors (Lipinski definition) is 6. The van der Waals surface area contributed by atoms with Crippen molar-refractivity contribution in [2.24, 2.45) is 0 Å². The molecule has 0 spiro atoms. The van der Waals surface area contributed by atoms with Gasteiger partial charge in [0, 0.05) is 22.9 Å². The lowest BCUT2D eigenvalue weighted by molar-refractivity contribution is -0.385. The number of nitro benzene ring substituents is 1. The lowest BCUT2D eigenvalue weighted by Gasteiger charge is -2.06. The van der Waals surface area contributed by atoms with E-state index in [9.17, 15) is 19.7 Å². The molecule has 0 aliphatic rings. The molecule has 3 aromatic rings. The summed E-state index contributed by atoms with van der Waals surface area (Å²) >= 11 is 0. The first-order valence-corrected chi connectivity index (χ1v) is 8.83. The standard InChI is InChI=1S/C21H18N2O6/c1-3-28-21(25)15-5-4-6-16(11-15)22-20(24)19-10-9-18(29-19)14-8-7-13(2)17(12-14)23(26)27/h4-12H,3H2,1-2H3,(H,22,24). The van der Waals surface area contributed by atoms with Crippen LogP contribution in [-0.4, -0.2) is 23.4 Å². The number of hydrogen-bond donors (Lipinski definition) is 1. The predicted octanol–water partition coefficient (Wildman–Crippen LogP) is 4.59. The molecule has 0 saturated carbocycles. The van der Waals surface area contributed by atoms with Crippen LogP contribution in [0.3, 0.4) is 0 Å². The third-order valence-corrected chi connectivity index (χ3v) is 4.15. The number of ether oxygens (including phenoxy) is 1. The predicted molar refractivity (Wildman–Crippen MR) is 106 cm³/mol. The van der Waals surface area contributed by atoms with Crippen LogP contribution < -0.4 is 5.32 Å². The lowest BCUT2D eigenvalue weighted by Crippen LogP contribution is -2.12. The first-order valence-electron chi connectivity index (χ1n) is 8.83. The number of benzene rings is 2. The number of nitrogens with one attached hydrogen (secondary N) is 1. The van der Waals surface area contributed by atoms with Gasteiger partial charge in [0.25, 0.3) is 11.6 Å². The summed E-state index contributed by atoms with van der Waals surface area (Å²) in [4.78, 5) is 34.9. The van der Waals surface area contributed by atoms with Crippen LogP contribution in [0.25, 0.3) is 11.3 Å². The van der Waals surface area contributed by atoms with Crippen LogP contribution in [-0.2, 0) is 4.74 Å². The molecule has 8 heteroatoms. The first-order chi connectivity index (χ1) is 13.9. The molecule has 1 heterocycles. The summed E-state index contributed by atoms with van der Waals surface area (Å²) in [6, 6.07) is 14.1. The Hall–Kier alpha value is -3.94. The molecule has 0 atom stereocenters. The van der Waals surface area contributed by atoms with Crippen molar-refractivity contribution in [3.63, 3.8) is 0 Å². The molecule has 1 amide bonds. The van der Waals surface area contributed by atoms with Gasteiger partial charge in [-0.15, -0.1) is 0 Å². The molecule has 0 aliphatic carbocycles. The van der Waals surface area contributed by atoms with Crippen LogP contribution in [0.2, 0.25) is 0 Å². The van der Waals surface area contributed by atoms with E-state index in [4.69, 9.17) is 9.15 Å². The summed E-state index contributed by atoms with van der Waals surface area (Å²) in [6.07, 6.45) is 0. The van der Waals surface area contributed by atoms with Crippen LogP contribution in [0.4, 0.5) is 11.4 Å². The molecule has 1 N–H and O–H groups in total. The second-order valence-corrected chi connectivity index (χ2v) is 6.18. The largest absolute Gasteiger partial charge is 0.462 e. The monoisotopic (exact) mass is 394 g/mol. The van der Waals surface area contributed by atoms with E-state index < -0.39 is 16.8 Å². The number of amides is 1. The molecular formula is C21H18N2O6. The smallest absolute Gasteiger partial charge is 0.338 e. The molecule has 2 aromatic carbocycles. The number of esters is 1. The maximum atomic E-state index is 12.5. The lowest BCUT2D eigenvalue weighted by atomic mass is 10.1. The Kier molecular flexibility index (Phi) is 5.73. The molecule has 0 radical (unpaired) electrons. The van der Waals surface area contributed by atoms with E-state index in [0.717, 1.165) is 0 Å². The van der Waals surface area contributed by atoms with Gasteiger partial charge >= 0.3 is 5.97 Å². The van der Waals surface area contributed by atoms with Gasteiger partial charge < -0.3 is 14.5 Å². The molecule has 3 rings (SSSR count). The topological polar surface area (TPSA) is 112 Å². The number of aryl methyl sites for hydroxylation is 1. The number of anilines is 1. The number of carbonyl (C=O) groups excluding carboxylic acids is 2. The van der Waals surface area contributed by atoms with E-state index in [1.54, 1.807) is 50.2 Å². The van der Waals surface area contributed by atoms with Crippen LogP contribution in [0.1, 0.15) is 33.4 Å². The molecule has 0 unspecified atom stereocenters. The SMILES string of the molecule is CCOC(=O)c1cccc(NC(=O)c2ccc(-c3ccc(C)c([N+](=O)[O-])c3)o2)c1. The minimum Gasteiger partial charge on any atom is -0.462 e. The highest BCUT2D eigenvalue weighted by atomic mass is 16.6. The van der Waals surface area contributed by atoms with Gasteiger partial charge in [-0.25, -0.2) is 4.79 Å². The Balaban J connectivity index is 1.78. The molecule has 0 saturated heterocycles. The molecule has 29 heavy (non-hydrogen) atoms. The minimum absolute atomic E-state index is 0.0271. The van der Waals surface area contributed by atoms with Gasteiger partial charge in [-0.3, -0.25) is 14.9 Å². The van der Waals surface area contributed by atoms with Crippen molar-refractivity contribution in [2.45, 2.75) is 13.8 Å². The van der Waals surface area contributed by atoms with E-state index in [0.29, 0.717) is 28.1 Å². The third kappa shape index (κ3) is 4.49. The normalized spacial score (nSPS) is 10.4. The number of rotatable bonds is 6. The number of nitrogens with zero attached hydrogens (tertiary/aromatic N) is 1. The fourth-order valence-electron chi connectivity index (χ4n) is 2.71. The van der Waals surface area contributed by atoms with E-state index in [1.165, 1.54) is 18.2 Å².